The minimum Gasteiger partial charge on any atom is -0.489 e. The third-order valence-electron chi connectivity index (χ3n) is 4.70. The third kappa shape index (κ3) is 4.29. The SMILES string of the molecule is Cc1ccc(COc2cccc(CNc3cccc4ccccc34)c2)cc1. The molecule has 0 aliphatic carbocycles. The van der Waals surface area contributed by atoms with Gasteiger partial charge in [-0.3, -0.25) is 0 Å². The van der Waals surface area contributed by atoms with Crippen molar-refractivity contribution < 1.29 is 4.74 Å². The Labute approximate surface area is 160 Å². The molecule has 0 radical (unpaired) electrons. The van der Waals surface area contributed by atoms with Crippen LogP contribution in [0.5, 0.6) is 5.75 Å². The fourth-order valence-electron chi connectivity index (χ4n) is 3.17. The van der Waals surface area contributed by atoms with Crippen molar-refractivity contribution in [3.63, 3.8) is 0 Å². The lowest BCUT2D eigenvalue weighted by atomic mass is 10.1. The topological polar surface area (TPSA) is 21.3 Å². The van der Waals surface area contributed by atoms with Gasteiger partial charge in [0, 0.05) is 17.6 Å². The lowest BCUT2D eigenvalue weighted by Crippen LogP contribution is -2.01. The van der Waals surface area contributed by atoms with Crippen LogP contribution in [0.4, 0.5) is 5.69 Å². The molecule has 0 atom stereocenters. The van der Waals surface area contributed by atoms with E-state index in [1.165, 1.54) is 27.5 Å². The summed E-state index contributed by atoms with van der Waals surface area (Å²) in [6, 6.07) is 31.5. The highest BCUT2D eigenvalue weighted by atomic mass is 16.5. The molecule has 0 amide bonds. The monoisotopic (exact) mass is 353 g/mol. The average molecular weight is 353 g/mol. The second-order valence-electron chi connectivity index (χ2n) is 6.80. The van der Waals surface area contributed by atoms with Crippen molar-refractivity contribution in [1.82, 2.24) is 0 Å². The Kier molecular flexibility index (Phi) is 5.06. The number of hydrogen-bond donors (Lipinski definition) is 1. The van der Waals surface area contributed by atoms with Crippen LogP contribution in [0.25, 0.3) is 10.8 Å². The van der Waals surface area contributed by atoms with Gasteiger partial charge in [-0.1, -0.05) is 78.4 Å². The maximum Gasteiger partial charge on any atom is 0.120 e. The van der Waals surface area contributed by atoms with Crippen LogP contribution in [-0.4, -0.2) is 0 Å². The fourth-order valence-corrected chi connectivity index (χ4v) is 3.17. The molecular weight excluding hydrogens is 330 g/mol. The summed E-state index contributed by atoms with van der Waals surface area (Å²) < 4.78 is 5.97. The maximum atomic E-state index is 5.97. The molecule has 1 N–H and O–H groups in total. The molecule has 4 aromatic carbocycles. The van der Waals surface area contributed by atoms with E-state index in [0.717, 1.165) is 18.0 Å². The standard InChI is InChI=1S/C25H23NO/c1-19-12-14-20(15-13-19)18-27-23-9-4-6-21(16-23)17-26-25-11-5-8-22-7-2-3-10-24(22)25/h2-16,26H,17-18H2,1H3. The van der Waals surface area contributed by atoms with E-state index < -0.39 is 0 Å². The molecule has 0 bridgehead atoms. The molecule has 4 rings (SSSR count). The van der Waals surface area contributed by atoms with Gasteiger partial charge in [0.1, 0.15) is 12.4 Å². The predicted molar refractivity (Wildman–Crippen MR) is 113 cm³/mol. The van der Waals surface area contributed by atoms with Crippen LogP contribution in [0.2, 0.25) is 0 Å². The van der Waals surface area contributed by atoms with Crippen LogP contribution in [0.1, 0.15) is 16.7 Å². The number of rotatable bonds is 6. The van der Waals surface area contributed by atoms with E-state index in [1.807, 2.05) is 12.1 Å². The van der Waals surface area contributed by atoms with Crippen molar-refractivity contribution in [2.24, 2.45) is 0 Å². The van der Waals surface area contributed by atoms with Crippen molar-refractivity contribution >= 4 is 16.5 Å². The van der Waals surface area contributed by atoms with Crippen molar-refractivity contribution in [3.05, 3.63) is 108 Å². The first-order chi connectivity index (χ1) is 13.3. The normalized spacial score (nSPS) is 10.7. The Hall–Kier alpha value is -3.26. The molecule has 0 aliphatic heterocycles. The summed E-state index contributed by atoms with van der Waals surface area (Å²) in [5.41, 5.74) is 4.79. The minimum absolute atomic E-state index is 0.584. The third-order valence-corrected chi connectivity index (χ3v) is 4.70. The maximum absolute atomic E-state index is 5.97. The first kappa shape index (κ1) is 17.2. The van der Waals surface area contributed by atoms with Gasteiger partial charge in [-0.15, -0.1) is 0 Å². The van der Waals surface area contributed by atoms with E-state index in [0.29, 0.717) is 6.61 Å². The molecular formula is C25H23NO. The van der Waals surface area contributed by atoms with E-state index in [9.17, 15) is 0 Å². The first-order valence-corrected chi connectivity index (χ1v) is 9.27. The van der Waals surface area contributed by atoms with Crippen molar-refractivity contribution in [1.29, 1.82) is 0 Å². The zero-order chi connectivity index (χ0) is 18.5. The summed E-state index contributed by atoms with van der Waals surface area (Å²) in [6.07, 6.45) is 0. The molecule has 0 aromatic heterocycles. The summed E-state index contributed by atoms with van der Waals surface area (Å²) in [6.45, 7) is 3.44. The summed E-state index contributed by atoms with van der Waals surface area (Å²) in [7, 11) is 0. The molecule has 0 saturated heterocycles. The van der Waals surface area contributed by atoms with E-state index in [1.54, 1.807) is 0 Å². The Bertz CT molecular complexity index is 1030. The highest BCUT2D eigenvalue weighted by Crippen LogP contribution is 2.24. The first-order valence-electron chi connectivity index (χ1n) is 9.27. The molecule has 4 aromatic rings. The van der Waals surface area contributed by atoms with E-state index >= 15 is 0 Å². The summed E-state index contributed by atoms with van der Waals surface area (Å²) >= 11 is 0. The molecule has 0 saturated carbocycles. The van der Waals surface area contributed by atoms with Crippen molar-refractivity contribution in [2.45, 2.75) is 20.1 Å². The molecule has 0 heterocycles. The number of benzene rings is 4. The molecule has 27 heavy (non-hydrogen) atoms. The van der Waals surface area contributed by atoms with E-state index in [2.05, 4.69) is 91.1 Å². The Morgan fingerprint density at radius 3 is 2.41 bits per heavy atom. The van der Waals surface area contributed by atoms with Gasteiger partial charge < -0.3 is 10.1 Å². The molecule has 0 aliphatic rings. The lowest BCUT2D eigenvalue weighted by Gasteiger charge is -2.12. The van der Waals surface area contributed by atoms with Gasteiger partial charge in [-0.25, -0.2) is 0 Å². The highest BCUT2D eigenvalue weighted by Gasteiger charge is 2.02. The Morgan fingerprint density at radius 1 is 0.741 bits per heavy atom. The molecule has 134 valence electrons. The van der Waals surface area contributed by atoms with Gasteiger partial charge in [0.15, 0.2) is 0 Å². The van der Waals surface area contributed by atoms with Gasteiger partial charge in [0.25, 0.3) is 0 Å². The number of nitrogens with one attached hydrogen (secondary N) is 1. The lowest BCUT2D eigenvalue weighted by molar-refractivity contribution is 0.306. The van der Waals surface area contributed by atoms with Gasteiger partial charge >= 0.3 is 0 Å². The van der Waals surface area contributed by atoms with Gasteiger partial charge in [-0.2, -0.15) is 0 Å². The summed E-state index contributed by atoms with van der Waals surface area (Å²) in [5.74, 6) is 0.896. The number of anilines is 1. The largest absolute Gasteiger partial charge is 0.489 e. The molecule has 2 nitrogen and oxygen atoms in total. The zero-order valence-corrected chi connectivity index (χ0v) is 15.5. The van der Waals surface area contributed by atoms with E-state index in [4.69, 9.17) is 4.74 Å². The van der Waals surface area contributed by atoms with Gasteiger partial charge in [-0.05, 0) is 41.6 Å². The van der Waals surface area contributed by atoms with Gasteiger partial charge in [0.05, 0.1) is 0 Å². The quantitative estimate of drug-likeness (QED) is 0.437. The second-order valence-corrected chi connectivity index (χ2v) is 6.80. The van der Waals surface area contributed by atoms with Crippen molar-refractivity contribution in [3.8, 4) is 5.75 Å². The van der Waals surface area contributed by atoms with Crippen LogP contribution in [0, 0.1) is 6.92 Å². The second kappa shape index (κ2) is 7.96. The smallest absolute Gasteiger partial charge is 0.120 e. The molecule has 0 spiro atoms. The molecule has 0 fully saturated rings. The minimum atomic E-state index is 0.584. The number of ether oxygens (including phenoxy) is 1. The van der Waals surface area contributed by atoms with Crippen LogP contribution < -0.4 is 10.1 Å². The number of fused-ring (bicyclic) bond motifs is 1. The highest BCUT2D eigenvalue weighted by molar-refractivity contribution is 5.93. The number of aryl methyl sites for hydroxylation is 1. The predicted octanol–water partition coefficient (Wildman–Crippen LogP) is 6.34. The summed E-state index contributed by atoms with van der Waals surface area (Å²) in [4.78, 5) is 0. The zero-order valence-electron chi connectivity index (χ0n) is 15.5. The molecule has 0 unspecified atom stereocenters. The van der Waals surface area contributed by atoms with Gasteiger partial charge in [0.2, 0.25) is 0 Å². The number of hydrogen-bond acceptors (Lipinski definition) is 2. The summed E-state index contributed by atoms with van der Waals surface area (Å²) in [5, 5.41) is 6.05. The Balaban J connectivity index is 1.42. The van der Waals surface area contributed by atoms with Crippen molar-refractivity contribution in [2.75, 3.05) is 5.32 Å². The average Bonchev–Trinajstić information content (AvgIpc) is 2.72. The van der Waals surface area contributed by atoms with E-state index in [-0.39, 0.29) is 0 Å². The van der Waals surface area contributed by atoms with Crippen LogP contribution in [-0.2, 0) is 13.2 Å². The Morgan fingerprint density at radius 2 is 1.52 bits per heavy atom. The van der Waals surface area contributed by atoms with Crippen LogP contribution >= 0.6 is 0 Å². The fraction of sp³-hybridized carbons (Fsp3) is 0.120. The molecule has 2 heteroatoms. The van der Waals surface area contributed by atoms with Crippen LogP contribution in [0.3, 0.4) is 0 Å². The van der Waals surface area contributed by atoms with Crippen LogP contribution in [0.15, 0.2) is 91.0 Å².